The van der Waals surface area contributed by atoms with Crippen LogP contribution in [0.5, 0.6) is 0 Å². The third-order valence-electron chi connectivity index (χ3n) is 2.70. The van der Waals surface area contributed by atoms with Crippen molar-refractivity contribution in [3.63, 3.8) is 0 Å². The van der Waals surface area contributed by atoms with Crippen LogP contribution in [-0.4, -0.2) is 4.84 Å². The van der Waals surface area contributed by atoms with Crippen LogP contribution >= 0.6 is 46.4 Å². The highest BCUT2D eigenvalue weighted by Crippen LogP contribution is 2.38. The summed E-state index contributed by atoms with van der Waals surface area (Å²) in [7, 11) is 0. The minimum absolute atomic E-state index is 0.172. The molecule has 0 saturated carbocycles. The van der Waals surface area contributed by atoms with Gasteiger partial charge < -0.3 is 0 Å². The fourth-order valence-electron chi connectivity index (χ4n) is 1.90. The molecular weight excluding hydrogens is 310 g/mol. The second-order valence-corrected chi connectivity index (χ2v) is 5.98. The molecule has 1 unspecified atom stereocenters. The first-order valence-corrected chi connectivity index (χ1v) is 7.06. The summed E-state index contributed by atoms with van der Waals surface area (Å²) < 4.78 is 0. The Morgan fingerprint density at radius 2 is 2.00 bits per heavy atom. The van der Waals surface area contributed by atoms with Crippen LogP contribution in [0.2, 0.25) is 5.02 Å². The van der Waals surface area contributed by atoms with Crippen LogP contribution in [0.25, 0.3) is 0 Å². The highest BCUT2D eigenvalue weighted by Gasteiger charge is 2.25. The molecule has 0 amide bonds. The maximum Gasteiger partial charge on any atom is 0.118 e. The van der Waals surface area contributed by atoms with Gasteiger partial charge in [0.25, 0.3) is 0 Å². The van der Waals surface area contributed by atoms with Gasteiger partial charge in [-0.3, -0.25) is 0 Å². The number of halogens is 4. The first-order chi connectivity index (χ1) is 8.58. The van der Waals surface area contributed by atoms with Crippen molar-refractivity contribution in [1.29, 1.82) is 0 Å². The van der Waals surface area contributed by atoms with Crippen LogP contribution in [-0.2, 0) is 0 Å². The highest BCUT2D eigenvalue weighted by molar-refractivity contribution is 6.45. The van der Waals surface area contributed by atoms with Gasteiger partial charge in [0.2, 0.25) is 0 Å². The maximum absolute atomic E-state index is 6.09. The molecule has 1 aliphatic rings. The van der Waals surface area contributed by atoms with E-state index in [1.54, 1.807) is 12.1 Å². The molecule has 0 aromatic heterocycles. The number of hydrogen-bond donors (Lipinski definition) is 0. The average molecular weight is 320 g/mol. The van der Waals surface area contributed by atoms with E-state index in [2.05, 4.69) is 12.5 Å². The van der Waals surface area contributed by atoms with Gasteiger partial charge in [0.1, 0.15) is 4.84 Å². The first-order valence-electron chi connectivity index (χ1n) is 5.43. The van der Waals surface area contributed by atoms with Crippen molar-refractivity contribution >= 4 is 46.4 Å². The minimum atomic E-state index is -0.579. The van der Waals surface area contributed by atoms with E-state index in [4.69, 9.17) is 46.4 Å². The summed E-state index contributed by atoms with van der Waals surface area (Å²) in [5, 5.41) is 1.34. The maximum atomic E-state index is 6.09. The van der Waals surface area contributed by atoms with Gasteiger partial charge in [-0.05, 0) is 42.7 Å². The molecule has 94 valence electrons. The Hall–Kier alpha value is -0.140. The van der Waals surface area contributed by atoms with Gasteiger partial charge in [-0.1, -0.05) is 40.9 Å². The predicted octanol–water partition coefficient (Wildman–Crippen LogP) is 5.68. The molecule has 1 atom stereocenters. The van der Waals surface area contributed by atoms with Crippen LogP contribution in [0.15, 0.2) is 41.0 Å². The molecule has 0 nitrogen and oxygen atoms in total. The van der Waals surface area contributed by atoms with Gasteiger partial charge in [0.15, 0.2) is 0 Å². The molecule has 0 spiro atoms. The van der Waals surface area contributed by atoms with E-state index in [1.165, 1.54) is 0 Å². The summed E-state index contributed by atoms with van der Waals surface area (Å²) in [5.74, 6) is -0.172. The topological polar surface area (TPSA) is 0 Å². The molecule has 1 aliphatic carbocycles. The van der Waals surface area contributed by atoms with Gasteiger partial charge in [-0.2, -0.15) is 0 Å². The largest absolute Gasteiger partial charge is 0.118 e. The summed E-state index contributed by atoms with van der Waals surface area (Å²) in [6.45, 7) is 0. The first kappa shape index (κ1) is 14.3. The number of allylic oxidation sites excluding steroid dienone is 4. The summed E-state index contributed by atoms with van der Waals surface area (Å²) in [4.78, 5) is -0.579. The molecule has 18 heavy (non-hydrogen) atoms. The van der Waals surface area contributed by atoms with E-state index in [1.807, 2.05) is 18.2 Å². The van der Waals surface area contributed by atoms with E-state index in [-0.39, 0.29) is 5.92 Å². The van der Waals surface area contributed by atoms with Crippen molar-refractivity contribution in [2.24, 2.45) is 0 Å². The fourth-order valence-corrected chi connectivity index (χ4v) is 2.86. The van der Waals surface area contributed by atoms with Gasteiger partial charge in [0, 0.05) is 16.0 Å². The molecule has 1 aromatic rings. The number of benzene rings is 1. The molecule has 0 fully saturated rings. The zero-order valence-electron chi connectivity index (χ0n) is 9.34. The van der Waals surface area contributed by atoms with Gasteiger partial charge in [-0.25, -0.2) is 0 Å². The van der Waals surface area contributed by atoms with Crippen molar-refractivity contribution in [3.8, 4) is 0 Å². The molecule has 0 saturated heterocycles. The second kappa shape index (κ2) is 6.34. The normalized spacial score (nSPS) is 17.4. The lowest BCUT2D eigenvalue weighted by atomic mass is 9.87. The lowest BCUT2D eigenvalue weighted by molar-refractivity contribution is 0.850. The Morgan fingerprint density at radius 1 is 1.22 bits per heavy atom. The molecule has 0 bridgehead atoms. The van der Waals surface area contributed by atoms with Crippen LogP contribution in [0, 0.1) is 12.5 Å². The Balaban J connectivity index is 2.38. The Bertz CT molecular complexity index is 488. The quantitative estimate of drug-likeness (QED) is 0.628. The molecular formula is C14H10Cl4. The lowest BCUT2D eigenvalue weighted by Gasteiger charge is -2.23. The van der Waals surface area contributed by atoms with Gasteiger partial charge in [-0.15, -0.1) is 23.2 Å². The van der Waals surface area contributed by atoms with E-state index in [0.29, 0.717) is 10.1 Å². The van der Waals surface area contributed by atoms with Crippen molar-refractivity contribution < 1.29 is 0 Å². The van der Waals surface area contributed by atoms with Gasteiger partial charge >= 0.3 is 0 Å². The molecule has 0 aliphatic heterocycles. The zero-order chi connectivity index (χ0) is 13.1. The smallest absolute Gasteiger partial charge is 0.104 e. The average Bonchev–Trinajstić information content (AvgIpc) is 2.28. The molecule has 2 radical (unpaired) electrons. The molecule has 2 rings (SSSR count). The van der Waals surface area contributed by atoms with Crippen molar-refractivity contribution in [1.82, 2.24) is 0 Å². The third kappa shape index (κ3) is 3.45. The zero-order valence-corrected chi connectivity index (χ0v) is 12.4. The summed E-state index contributed by atoms with van der Waals surface area (Å²) in [6, 6.07) is 8.49. The SMILES string of the molecule is ClC1=CC[CH]C(C(c2[c]ccc(Cl)c2)C(Cl)Cl)=C1. The highest BCUT2D eigenvalue weighted by atomic mass is 35.5. The Labute approximate surface area is 127 Å². The van der Waals surface area contributed by atoms with Crippen LogP contribution in [0.3, 0.4) is 0 Å². The summed E-state index contributed by atoms with van der Waals surface area (Å²) in [6.07, 6.45) is 6.65. The van der Waals surface area contributed by atoms with E-state index in [0.717, 1.165) is 17.6 Å². The van der Waals surface area contributed by atoms with E-state index < -0.39 is 4.84 Å². The molecule has 4 heteroatoms. The summed E-state index contributed by atoms with van der Waals surface area (Å²) in [5.41, 5.74) is 1.86. The summed E-state index contributed by atoms with van der Waals surface area (Å²) >= 11 is 24.2. The predicted molar refractivity (Wildman–Crippen MR) is 79.5 cm³/mol. The lowest BCUT2D eigenvalue weighted by Crippen LogP contribution is -2.12. The van der Waals surface area contributed by atoms with Crippen molar-refractivity contribution in [2.75, 3.05) is 0 Å². The second-order valence-electron chi connectivity index (χ2n) is 3.95. The molecule has 0 heterocycles. The van der Waals surface area contributed by atoms with Crippen molar-refractivity contribution in [3.05, 3.63) is 64.0 Å². The third-order valence-corrected chi connectivity index (χ3v) is 3.71. The van der Waals surface area contributed by atoms with Crippen LogP contribution in [0.1, 0.15) is 17.9 Å². The Morgan fingerprint density at radius 3 is 2.61 bits per heavy atom. The van der Waals surface area contributed by atoms with Gasteiger partial charge in [0.05, 0.1) is 0 Å². The molecule has 0 N–H and O–H groups in total. The van der Waals surface area contributed by atoms with Crippen LogP contribution in [0.4, 0.5) is 0 Å². The number of alkyl halides is 2. The number of rotatable bonds is 3. The van der Waals surface area contributed by atoms with E-state index in [9.17, 15) is 0 Å². The minimum Gasteiger partial charge on any atom is -0.104 e. The molecule has 1 aromatic carbocycles. The van der Waals surface area contributed by atoms with E-state index >= 15 is 0 Å². The van der Waals surface area contributed by atoms with Crippen molar-refractivity contribution in [2.45, 2.75) is 17.2 Å². The van der Waals surface area contributed by atoms with Crippen LogP contribution < -0.4 is 0 Å². The standard InChI is InChI=1S/C14H10Cl4/c15-11-5-1-3-9(7-11)13(14(17)18)10-4-2-6-12(16)8-10/h1,4-8,13-14H,2H2. The fraction of sp³-hybridized carbons (Fsp3) is 0.214. The number of hydrogen-bond acceptors (Lipinski definition) is 0. The monoisotopic (exact) mass is 318 g/mol. The Kier molecular flexibility index (Phi) is 5.03.